The molecule has 0 unspecified atom stereocenters. The Hall–Kier alpha value is -3.62. The van der Waals surface area contributed by atoms with E-state index in [1.54, 1.807) is 16.9 Å². The van der Waals surface area contributed by atoms with Gasteiger partial charge in [-0.1, -0.05) is 24.3 Å². The maximum atomic E-state index is 11.9. The minimum atomic E-state index is -0.246. The van der Waals surface area contributed by atoms with Crippen LogP contribution in [0.1, 0.15) is 5.56 Å². The fourth-order valence-electron chi connectivity index (χ4n) is 2.57. The number of fused-ring (bicyclic) bond motifs is 1. The molecule has 0 spiro atoms. The van der Waals surface area contributed by atoms with Crippen LogP contribution in [0, 0.1) is 0 Å². The molecule has 0 saturated heterocycles. The zero-order chi connectivity index (χ0) is 17.1. The van der Waals surface area contributed by atoms with Gasteiger partial charge in [0, 0.05) is 23.8 Å². The summed E-state index contributed by atoms with van der Waals surface area (Å²) in [7, 11) is 0. The van der Waals surface area contributed by atoms with Gasteiger partial charge in [0.2, 0.25) is 5.91 Å². The van der Waals surface area contributed by atoms with Crippen LogP contribution in [0.3, 0.4) is 0 Å². The molecule has 3 heterocycles. The van der Waals surface area contributed by atoms with Crippen molar-refractivity contribution in [2.24, 2.45) is 0 Å². The molecule has 0 saturated carbocycles. The third kappa shape index (κ3) is 3.34. The van der Waals surface area contributed by atoms with E-state index in [4.69, 9.17) is 0 Å². The molecular formula is C16H14N8O. The summed E-state index contributed by atoms with van der Waals surface area (Å²) < 4.78 is 3.10. The summed E-state index contributed by atoms with van der Waals surface area (Å²) in [6, 6.07) is 11.7. The SMILES string of the molecule is O=C(Cn1cnnn1)Nc1ccn(Cc2cccc3cccnc23)n1. The Bertz CT molecular complexity index is 1000. The number of hydrogen-bond donors (Lipinski definition) is 1. The number of para-hydroxylation sites is 1. The number of carbonyl (C=O) groups excluding carboxylic acids is 1. The Balaban J connectivity index is 1.47. The molecule has 0 fully saturated rings. The highest BCUT2D eigenvalue weighted by atomic mass is 16.2. The molecule has 9 heteroatoms. The summed E-state index contributed by atoms with van der Waals surface area (Å²) in [6.07, 6.45) is 4.97. The van der Waals surface area contributed by atoms with E-state index in [1.807, 2.05) is 36.5 Å². The zero-order valence-electron chi connectivity index (χ0n) is 13.1. The van der Waals surface area contributed by atoms with Gasteiger partial charge in [-0.2, -0.15) is 5.10 Å². The molecule has 3 aromatic heterocycles. The largest absolute Gasteiger partial charge is 0.308 e. The van der Waals surface area contributed by atoms with Crippen LogP contribution in [0.4, 0.5) is 5.82 Å². The molecule has 1 amide bonds. The van der Waals surface area contributed by atoms with E-state index < -0.39 is 0 Å². The van der Waals surface area contributed by atoms with E-state index in [1.165, 1.54) is 11.0 Å². The Labute approximate surface area is 142 Å². The van der Waals surface area contributed by atoms with Crippen molar-refractivity contribution < 1.29 is 4.79 Å². The third-order valence-corrected chi connectivity index (χ3v) is 3.65. The molecule has 124 valence electrons. The van der Waals surface area contributed by atoms with Crippen molar-refractivity contribution in [2.45, 2.75) is 13.1 Å². The van der Waals surface area contributed by atoms with Crippen molar-refractivity contribution in [3.8, 4) is 0 Å². The average molecular weight is 334 g/mol. The van der Waals surface area contributed by atoms with Crippen molar-refractivity contribution in [3.05, 3.63) is 60.7 Å². The Morgan fingerprint density at radius 3 is 2.92 bits per heavy atom. The molecule has 4 aromatic rings. The van der Waals surface area contributed by atoms with Crippen molar-refractivity contribution in [3.63, 3.8) is 0 Å². The quantitative estimate of drug-likeness (QED) is 0.586. The lowest BCUT2D eigenvalue weighted by atomic mass is 10.1. The van der Waals surface area contributed by atoms with Gasteiger partial charge >= 0.3 is 0 Å². The first-order valence-electron chi connectivity index (χ1n) is 7.65. The second kappa shape index (κ2) is 6.48. The second-order valence-electron chi connectivity index (χ2n) is 5.45. The van der Waals surface area contributed by atoms with E-state index >= 15 is 0 Å². The van der Waals surface area contributed by atoms with Gasteiger partial charge in [0.25, 0.3) is 0 Å². The van der Waals surface area contributed by atoms with Crippen LogP contribution in [0.5, 0.6) is 0 Å². The Morgan fingerprint density at radius 2 is 2.04 bits per heavy atom. The number of tetrazole rings is 1. The number of amides is 1. The number of carbonyl (C=O) groups is 1. The number of hydrogen-bond acceptors (Lipinski definition) is 6. The maximum absolute atomic E-state index is 11.9. The lowest BCUT2D eigenvalue weighted by molar-refractivity contribution is -0.117. The van der Waals surface area contributed by atoms with Crippen LogP contribution in [0.15, 0.2) is 55.1 Å². The summed E-state index contributed by atoms with van der Waals surface area (Å²) in [5.74, 6) is 0.232. The topological polar surface area (TPSA) is 103 Å². The first-order chi connectivity index (χ1) is 12.3. The number of pyridine rings is 1. The summed E-state index contributed by atoms with van der Waals surface area (Å²) in [5, 5.41) is 18.8. The maximum Gasteiger partial charge on any atom is 0.247 e. The van der Waals surface area contributed by atoms with Crippen molar-refractivity contribution in [2.75, 3.05) is 5.32 Å². The van der Waals surface area contributed by atoms with E-state index in [2.05, 4.69) is 30.9 Å². The van der Waals surface area contributed by atoms with Gasteiger partial charge in [-0.15, -0.1) is 5.10 Å². The zero-order valence-corrected chi connectivity index (χ0v) is 13.1. The van der Waals surface area contributed by atoms with Crippen LogP contribution in [0.25, 0.3) is 10.9 Å². The highest BCUT2D eigenvalue weighted by Crippen LogP contribution is 2.17. The van der Waals surface area contributed by atoms with Crippen molar-refractivity contribution in [1.29, 1.82) is 0 Å². The second-order valence-corrected chi connectivity index (χ2v) is 5.45. The molecular weight excluding hydrogens is 320 g/mol. The molecule has 0 radical (unpaired) electrons. The van der Waals surface area contributed by atoms with Crippen LogP contribution < -0.4 is 5.32 Å². The number of aromatic nitrogens is 7. The van der Waals surface area contributed by atoms with Crippen molar-refractivity contribution in [1.82, 2.24) is 35.0 Å². The third-order valence-electron chi connectivity index (χ3n) is 3.65. The number of anilines is 1. The lowest BCUT2D eigenvalue weighted by Crippen LogP contribution is -2.19. The van der Waals surface area contributed by atoms with Gasteiger partial charge in [0.15, 0.2) is 5.82 Å². The molecule has 25 heavy (non-hydrogen) atoms. The normalized spacial score (nSPS) is 10.9. The summed E-state index contributed by atoms with van der Waals surface area (Å²) >= 11 is 0. The molecule has 0 aliphatic rings. The van der Waals surface area contributed by atoms with Crippen LogP contribution in [-0.2, 0) is 17.9 Å². The van der Waals surface area contributed by atoms with E-state index in [0.717, 1.165) is 16.5 Å². The molecule has 4 rings (SSSR count). The molecule has 0 aliphatic carbocycles. The van der Waals surface area contributed by atoms with Gasteiger partial charge in [0.05, 0.1) is 12.1 Å². The predicted octanol–water partition coefficient (Wildman–Crippen LogP) is 1.10. The van der Waals surface area contributed by atoms with E-state index in [0.29, 0.717) is 12.4 Å². The fraction of sp³-hybridized carbons (Fsp3) is 0.125. The predicted molar refractivity (Wildman–Crippen MR) is 89.5 cm³/mol. The van der Waals surface area contributed by atoms with Gasteiger partial charge in [-0.25, -0.2) is 4.68 Å². The van der Waals surface area contributed by atoms with Gasteiger partial charge in [-0.05, 0) is 22.1 Å². The fourth-order valence-corrected chi connectivity index (χ4v) is 2.57. The first kappa shape index (κ1) is 14.9. The highest BCUT2D eigenvalue weighted by Gasteiger charge is 2.08. The number of benzene rings is 1. The average Bonchev–Trinajstić information content (AvgIpc) is 3.27. The molecule has 1 N–H and O–H groups in total. The smallest absolute Gasteiger partial charge is 0.247 e. The van der Waals surface area contributed by atoms with Gasteiger partial charge in [0.1, 0.15) is 12.9 Å². The Kier molecular flexibility index (Phi) is 3.87. The molecule has 0 bridgehead atoms. The Morgan fingerprint density at radius 1 is 1.12 bits per heavy atom. The van der Waals surface area contributed by atoms with Gasteiger partial charge in [-0.3, -0.25) is 14.5 Å². The number of rotatable bonds is 5. The molecule has 0 aliphatic heterocycles. The number of nitrogens with zero attached hydrogens (tertiary/aromatic N) is 7. The standard InChI is InChI=1S/C16H14N8O/c25-15(10-24-11-18-21-22-24)19-14-6-8-23(20-14)9-13-4-1-3-12-5-2-7-17-16(12)13/h1-8,11H,9-10H2,(H,19,20,25). The minimum Gasteiger partial charge on any atom is -0.308 e. The summed E-state index contributed by atoms with van der Waals surface area (Å²) in [5.41, 5.74) is 2.01. The molecule has 0 atom stereocenters. The molecule has 1 aromatic carbocycles. The summed E-state index contributed by atoms with van der Waals surface area (Å²) in [6.45, 7) is 0.602. The van der Waals surface area contributed by atoms with Gasteiger partial charge < -0.3 is 5.32 Å². The lowest BCUT2D eigenvalue weighted by Gasteiger charge is -2.06. The van der Waals surface area contributed by atoms with Crippen molar-refractivity contribution >= 4 is 22.6 Å². The van der Waals surface area contributed by atoms with Crippen LogP contribution >= 0.6 is 0 Å². The monoisotopic (exact) mass is 334 g/mol. The number of nitrogens with one attached hydrogen (secondary N) is 1. The van der Waals surface area contributed by atoms with Crippen LogP contribution in [-0.4, -0.2) is 40.9 Å². The van der Waals surface area contributed by atoms with E-state index in [9.17, 15) is 4.79 Å². The summed E-state index contributed by atoms with van der Waals surface area (Å²) in [4.78, 5) is 16.4. The van der Waals surface area contributed by atoms with E-state index in [-0.39, 0.29) is 12.5 Å². The first-order valence-corrected chi connectivity index (χ1v) is 7.65. The highest BCUT2D eigenvalue weighted by molar-refractivity contribution is 5.89. The van der Waals surface area contributed by atoms with Crippen LogP contribution in [0.2, 0.25) is 0 Å². The molecule has 9 nitrogen and oxygen atoms in total. The minimum absolute atomic E-state index is 0.0348.